The zero-order chi connectivity index (χ0) is 15.8. The van der Waals surface area contributed by atoms with Crippen molar-refractivity contribution in [3.8, 4) is 0 Å². The molecule has 9 heteroatoms. The minimum absolute atomic E-state index is 0.00643. The van der Waals surface area contributed by atoms with Crippen molar-refractivity contribution in [1.82, 2.24) is 9.80 Å². The number of carboxylic acids is 1. The maximum atomic E-state index is 12.5. The van der Waals surface area contributed by atoms with Crippen LogP contribution in [0.4, 0.5) is 0 Å². The molecule has 0 aromatic heterocycles. The van der Waals surface area contributed by atoms with Crippen molar-refractivity contribution in [3.05, 3.63) is 0 Å². The molecule has 1 N–H and O–H groups in total. The van der Waals surface area contributed by atoms with Crippen LogP contribution in [0, 0.1) is 5.92 Å². The topological polar surface area (TPSA) is 112 Å². The van der Waals surface area contributed by atoms with Crippen LogP contribution in [0.25, 0.3) is 0 Å². The average molecular weight is 318 g/mol. The van der Waals surface area contributed by atoms with Gasteiger partial charge in [0.25, 0.3) is 0 Å². The summed E-state index contributed by atoms with van der Waals surface area (Å²) in [4.78, 5) is 37.6. The first-order valence-corrected chi connectivity index (χ1v) is 8.48. The lowest BCUT2D eigenvalue weighted by Gasteiger charge is -2.36. The number of carboxylic acid groups (broad SMARTS) is 1. The molecule has 0 saturated carbocycles. The largest absolute Gasteiger partial charge is 0.481 e. The lowest BCUT2D eigenvalue weighted by molar-refractivity contribution is -0.142. The number of carbonyl (C=O) groups excluding carboxylic acids is 2. The number of sulfone groups is 1. The second-order valence-corrected chi connectivity index (χ2v) is 7.80. The van der Waals surface area contributed by atoms with Crippen LogP contribution in [0.5, 0.6) is 0 Å². The first kappa shape index (κ1) is 15.7. The van der Waals surface area contributed by atoms with Crippen LogP contribution < -0.4 is 0 Å². The maximum Gasteiger partial charge on any atom is 0.305 e. The van der Waals surface area contributed by atoms with E-state index in [0.717, 1.165) is 0 Å². The van der Waals surface area contributed by atoms with Crippen molar-refractivity contribution in [2.24, 2.45) is 5.92 Å². The van der Waals surface area contributed by atoms with Gasteiger partial charge in [-0.1, -0.05) is 0 Å². The summed E-state index contributed by atoms with van der Waals surface area (Å²) in [6.45, 7) is 0.286. The highest BCUT2D eigenvalue weighted by Gasteiger charge is 2.41. The summed E-state index contributed by atoms with van der Waals surface area (Å²) in [5.41, 5.74) is 0. The van der Waals surface area contributed by atoms with E-state index in [4.69, 9.17) is 5.11 Å². The summed E-state index contributed by atoms with van der Waals surface area (Å²) in [5.74, 6) is -2.61. The number of rotatable bonds is 3. The predicted octanol–water partition coefficient (Wildman–Crippen LogP) is -1.43. The van der Waals surface area contributed by atoms with E-state index in [9.17, 15) is 22.8 Å². The Bertz CT molecular complexity index is 572. The van der Waals surface area contributed by atoms with E-state index in [1.807, 2.05) is 0 Å². The van der Waals surface area contributed by atoms with Gasteiger partial charge in [0.15, 0.2) is 9.84 Å². The average Bonchev–Trinajstić information content (AvgIpc) is 2.67. The van der Waals surface area contributed by atoms with Gasteiger partial charge in [-0.25, -0.2) is 8.42 Å². The molecule has 2 aliphatic heterocycles. The number of nitrogens with zero attached hydrogens (tertiary/aromatic N) is 2. The quantitative estimate of drug-likeness (QED) is 0.682. The third-order valence-electron chi connectivity index (χ3n) is 3.91. The lowest BCUT2D eigenvalue weighted by Crippen LogP contribution is -2.53. The van der Waals surface area contributed by atoms with Gasteiger partial charge < -0.3 is 14.9 Å². The molecule has 2 aliphatic rings. The Morgan fingerprint density at radius 2 is 2.05 bits per heavy atom. The molecule has 0 aromatic rings. The van der Waals surface area contributed by atoms with Gasteiger partial charge in [-0.15, -0.1) is 0 Å². The van der Waals surface area contributed by atoms with E-state index in [1.165, 1.54) is 9.80 Å². The third kappa shape index (κ3) is 3.52. The molecule has 2 rings (SSSR count). The van der Waals surface area contributed by atoms with Crippen molar-refractivity contribution in [2.45, 2.75) is 18.9 Å². The van der Waals surface area contributed by atoms with Crippen LogP contribution in [0.1, 0.15) is 12.8 Å². The molecule has 2 fully saturated rings. The van der Waals surface area contributed by atoms with Gasteiger partial charge in [0.1, 0.15) is 0 Å². The number of amides is 2. The van der Waals surface area contributed by atoms with Gasteiger partial charge in [-0.05, 0) is 0 Å². The molecular formula is C12H18N2O6S. The zero-order valence-electron chi connectivity index (χ0n) is 11.7. The fourth-order valence-electron chi connectivity index (χ4n) is 2.81. The summed E-state index contributed by atoms with van der Waals surface area (Å²) in [6.07, 6.45) is -0.306. The SMILES string of the molecule is CN1CC(C(=O)N2CCS(=O)(=O)CC2CC(=O)O)CC1=O. The Labute approximate surface area is 122 Å². The van der Waals surface area contributed by atoms with Crippen LogP contribution in [0.2, 0.25) is 0 Å². The zero-order valence-corrected chi connectivity index (χ0v) is 12.5. The molecule has 0 bridgehead atoms. The van der Waals surface area contributed by atoms with Crippen LogP contribution in [0.3, 0.4) is 0 Å². The highest BCUT2D eigenvalue weighted by atomic mass is 32.2. The van der Waals surface area contributed by atoms with Gasteiger partial charge >= 0.3 is 5.97 Å². The predicted molar refractivity (Wildman–Crippen MR) is 72.2 cm³/mol. The van der Waals surface area contributed by atoms with Crippen molar-refractivity contribution >= 4 is 27.6 Å². The highest BCUT2D eigenvalue weighted by molar-refractivity contribution is 7.91. The van der Waals surface area contributed by atoms with Crippen LogP contribution in [-0.2, 0) is 24.2 Å². The normalized spacial score (nSPS) is 28.7. The molecule has 0 radical (unpaired) electrons. The second kappa shape index (κ2) is 5.63. The number of aliphatic carboxylic acids is 1. The molecule has 2 unspecified atom stereocenters. The fraction of sp³-hybridized carbons (Fsp3) is 0.750. The van der Waals surface area contributed by atoms with E-state index in [1.54, 1.807) is 7.05 Å². The third-order valence-corrected chi connectivity index (χ3v) is 5.61. The maximum absolute atomic E-state index is 12.5. The standard InChI is InChI=1S/C12H18N2O6S/c1-13-6-8(4-10(13)15)12(18)14-2-3-21(19,20)7-9(14)5-11(16)17/h8-9H,2-7H2,1H3,(H,16,17). The van der Waals surface area contributed by atoms with E-state index in [-0.39, 0.29) is 36.3 Å². The summed E-state index contributed by atoms with van der Waals surface area (Å²) in [6, 6.07) is -0.852. The van der Waals surface area contributed by atoms with Gasteiger partial charge in [0.2, 0.25) is 11.8 Å². The number of likely N-dealkylation sites (tertiary alicyclic amines) is 1. The van der Waals surface area contributed by atoms with E-state index in [0.29, 0.717) is 6.54 Å². The van der Waals surface area contributed by atoms with Gasteiger partial charge in [0, 0.05) is 26.6 Å². The second-order valence-electron chi connectivity index (χ2n) is 5.57. The molecule has 0 aromatic carbocycles. The molecule has 8 nitrogen and oxygen atoms in total. The van der Waals surface area contributed by atoms with Gasteiger partial charge in [-0.3, -0.25) is 14.4 Å². The van der Waals surface area contributed by atoms with Crippen LogP contribution in [-0.4, -0.2) is 78.8 Å². The molecule has 2 heterocycles. The Hall–Kier alpha value is -1.64. The van der Waals surface area contributed by atoms with E-state index in [2.05, 4.69) is 0 Å². The molecule has 0 spiro atoms. The van der Waals surface area contributed by atoms with E-state index < -0.39 is 34.2 Å². The minimum atomic E-state index is -3.32. The Kier molecular flexibility index (Phi) is 4.22. The monoisotopic (exact) mass is 318 g/mol. The summed E-state index contributed by atoms with van der Waals surface area (Å²) < 4.78 is 23.3. The Morgan fingerprint density at radius 1 is 1.38 bits per heavy atom. The van der Waals surface area contributed by atoms with Crippen molar-refractivity contribution in [3.63, 3.8) is 0 Å². The van der Waals surface area contributed by atoms with E-state index >= 15 is 0 Å². The van der Waals surface area contributed by atoms with Gasteiger partial charge in [-0.2, -0.15) is 0 Å². The summed E-state index contributed by atoms with van der Waals surface area (Å²) in [7, 11) is -1.72. The Morgan fingerprint density at radius 3 is 2.57 bits per heavy atom. The lowest BCUT2D eigenvalue weighted by atomic mass is 10.0. The molecular weight excluding hydrogens is 300 g/mol. The molecule has 118 valence electrons. The molecule has 2 saturated heterocycles. The number of carbonyl (C=O) groups is 3. The molecule has 2 amide bonds. The summed E-state index contributed by atoms with van der Waals surface area (Å²) in [5, 5.41) is 8.89. The first-order chi connectivity index (χ1) is 9.69. The van der Waals surface area contributed by atoms with Gasteiger partial charge in [0.05, 0.1) is 29.9 Å². The minimum Gasteiger partial charge on any atom is -0.481 e. The number of hydrogen-bond acceptors (Lipinski definition) is 5. The fourth-order valence-corrected chi connectivity index (χ4v) is 4.34. The van der Waals surface area contributed by atoms with Crippen molar-refractivity contribution in [2.75, 3.05) is 31.6 Å². The molecule has 21 heavy (non-hydrogen) atoms. The van der Waals surface area contributed by atoms with Crippen molar-refractivity contribution < 1.29 is 27.9 Å². The smallest absolute Gasteiger partial charge is 0.305 e. The molecule has 2 atom stereocenters. The highest BCUT2D eigenvalue weighted by Crippen LogP contribution is 2.23. The Balaban J connectivity index is 2.14. The number of hydrogen-bond donors (Lipinski definition) is 1. The first-order valence-electron chi connectivity index (χ1n) is 6.66. The van der Waals surface area contributed by atoms with Crippen molar-refractivity contribution in [1.29, 1.82) is 0 Å². The molecule has 0 aliphatic carbocycles. The van der Waals surface area contributed by atoms with Crippen LogP contribution in [0.15, 0.2) is 0 Å². The summed E-state index contributed by atoms with van der Waals surface area (Å²) >= 11 is 0. The van der Waals surface area contributed by atoms with Crippen LogP contribution >= 0.6 is 0 Å².